The molecule has 0 amide bonds. The van der Waals surface area contributed by atoms with Gasteiger partial charge in [0.1, 0.15) is 5.82 Å². The van der Waals surface area contributed by atoms with Crippen molar-refractivity contribution in [2.75, 3.05) is 6.54 Å². The van der Waals surface area contributed by atoms with Gasteiger partial charge in [-0.25, -0.2) is 4.39 Å². The maximum Gasteiger partial charge on any atom is 0.146 e. The molecule has 0 atom stereocenters. The number of hydrogen-bond donors (Lipinski definition) is 2. The molecule has 0 spiro atoms. The van der Waals surface area contributed by atoms with E-state index >= 15 is 0 Å². The van der Waals surface area contributed by atoms with Crippen LogP contribution in [0.4, 0.5) is 4.39 Å². The molecule has 1 aromatic rings. The zero-order valence-electron chi connectivity index (χ0n) is 10.3. The maximum atomic E-state index is 13.6. The molecule has 0 unspecified atom stereocenters. The van der Waals surface area contributed by atoms with E-state index in [9.17, 15) is 9.50 Å². The number of aliphatic hydroxyl groups excluding tert-OH is 1. The van der Waals surface area contributed by atoms with E-state index in [0.717, 1.165) is 32.2 Å². The van der Waals surface area contributed by atoms with Gasteiger partial charge in [-0.3, -0.25) is 0 Å². The van der Waals surface area contributed by atoms with E-state index in [-0.39, 0.29) is 16.9 Å². The molecular formula is C14H19ClFNO. The molecule has 1 saturated carbocycles. The lowest BCUT2D eigenvalue weighted by atomic mass is 9.87. The van der Waals surface area contributed by atoms with Gasteiger partial charge in [-0.05, 0) is 44.2 Å². The van der Waals surface area contributed by atoms with Gasteiger partial charge >= 0.3 is 0 Å². The maximum absolute atomic E-state index is 13.6. The number of hydrogen-bond acceptors (Lipinski definition) is 2. The molecule has 0 radical (unpaired) electrons. The zero-order chi connectivity index (χ0) is 13.0. The van der Waals surface area contributed by atoms with Gasteiger partial charge in [0, 0.05) is 12.1 Å². The van der Waals surface area contributed by atoms with E-state index in [2.05, 4.69) is 5.32 Å². The lowest BCUT2D eigenvalue weighted by Gasteiger charge is -2.25. The van der Waals surface area contributed by atoms with E-state index in [4.69, 9.17) is 11.6 Å². The smallest absolute Gasteiger partial charge is 0.146 e. The SMILES string of the molecule is OC1CCC(CNCc2cccc(Cl)c2F)CC1. The molecule has 1 fully saturated rings. The Morgan fingerprint density at radius 3 is 2.72 bits per heavy atom. The van der Waals surface area contributed by atoms with Crippen molar-refractivity contribution in [1.29, 1.82) is 0 Å². The fraction of sp³-hybridized carbons (Fsp3) is 0.571. The van der Waals surface area contributed by atoms with Crippen LogP contribution in [0, 0.1) is 11.7 Å². The minimum absolute atomic E-state index is 0.119. The van der Waals surface area contributed by atoms with E-state index in [1.54, 1.807) is 18.2 Å². The van der Waals surface area contributed by atoms with Gasteiger partial charge in [0.15, 0.2) is 0 Å². The summed E-state index contributed by atoms with van der Waals surface area (Å²) in [6, 6.07) is 5.07. The Morgan fingerprint density at radius 1 is 1.28 bits per heavy atom. The molecule has 1 aromatic carbocycles. The van der Waals surface area contributed by atoms with Crippen LogP contribution in [-0.4, -0.2) is 17.8 Å². The van der Waals surface area contributed by atoms with Crippen molar-refractivity contribution in [3.63, 3.8) is 0 Å². The average molecular weight is 272 g/mol. The van der Waals surface area contributed by atoms with Crippen LogP contribution in [0.3, 0.4) is 0 Å². The highest BCUT2D eigenvalue weighted by Crippen LogP contribution is 2.23. The molecule has 0 aliphatic heterocycles. The summed E-state index contributed by atoms with van der Waals surface area (Å²) >= 11 is 5.73. The summed E-state index contributed by atoms with van der Waals surface area (Å²) in [5.74, 6) is 0.265. The van der Waals surface area contributed by atoms with Crippen LogP contribution < -0.4 is 5.32 Å². The fourth-order valence-electron chi connectivity index (χ4n) is 2.44. The highest BCUT2D eigenvalue weighted by atomic mass is 35.5. The summed E-state index contributed by atoms with van der Waals surface area (Å²) in [6.45, 7) is 1.38. The van der Waals surface area contributed by atoms with E-state index in [1.807, 2.05) is 0 Å². The first kappa shape index (κ1) is 13.8. The highest BCUT2D eigenvalue weighted by molar-refractivity contribution is 6.30. The van der Waals surface area contributed by atoms with Gasteiger partial charge in [0.05, 0.1) is 11.1 Å². The molecule has 0 bridgehead atoms. The Morgan fingerprint density at radius 2 is 2.00 bits per heavy atom. The molecule has 2 rings (SSSR count). The third-order valence-corrected chi connectivity index (χ3v) is 3.89. The summed E-state index contributed by atoms with van der Waals surface area (Å²) in [6.07, 6.45) is 3.75. The molecule has 0 aromatic heterocycles. The monoisotopic (exact) mass is 271 g/mol. The molecule has 100 valence electrons. The van der Waals surface area contributed by atoms with Crippen molar-refractivity contribution in [1.82, 2.24) is 5.32 Å². The number of rotatable bonds is 4. The van der Waals surface area contributed by atoms with Crippen LogP contribution in [0.15, 0.2) is 18.2 Å². The molecule has 4 heteroatoms. The Labute approximate surface area is 112 Å². The second-order valence-electron chi connectivity index (χ2n) is 5.02. The largest absolute Gasteiger partial charge is 0.393 e. The number of benzene rings is 1. The standard InChI is InChI=1S/C14H19ClFNO/c15-13-3-1-2-11(14(13)16)9-17-8-10-4-6-12(18)7-5-10/h1-3,10,12,17-18H,4-9H2. The van der Waals surface area contributed by atoms with Crippen LogP contribution in [0.5, 0.6) is 0 Å². The topological polar surface area (TPSA) is 32.3 Å². The number of halogens is 2. The van der Waals surface area contributed by atoms with Gasteiger partial charge in [-0.2, -0.15) is 0 Å². The second-order valence-corrected chi connectivity index (χ2v) is 5.43. The van der Waals surface area contributed by atoms with E-state index < -0.39 is 0 Å². The summed E-state index contributed by atoms with van der Waals surface area (Å²) in [4.78, 5) is 0. The second kappa shape index (κ2) is 6.50. The first-order chi connectivity index (χ1) is 8.66. The number of aliphatic hydroxyl groups is 1. The lowest BCUT2D eigenvalue weighted by Crippen LogP contribution is -2.27. The quantitative estimate of drug-likeness (QED) is 0.882. The summed E-state index contributed by atoms with van der Waals surface area (Å²) in [5, 5.41) is 12.9. The van der Waals surface area contributed by atoms with E-state index in [1.165, 1.54) is 0 Å². The van der Waals surface area contributed by atoms with Gasteiger partial charge < -0.3 is 10.4 Å². The Hall–Kier alpha value is -0.640. The average Bonchev–Trinajstić information content (AvgIpc) is 2.37. The van der Waals surface area contributed by atoms with Crippen molar-refractivity contribution in [2.24, 2.45) is 5.92 Å². The van der Waals surface area contributed by atoms with Crippen LogP contribution in [0.1, 0.15) is 31.2 Å². The number of nitrogens with one attached hydrogen (secondary N) is 1. The first-order valence-electron chi connectivity index (χ1n) is 6.48. The molecule has 0 saturated heterocycles. The van der Waals surface area contributed by atoms with Gasteiger partial charge in [-0.1, -0.05) is 23.7 Å². The zero-order valence-corrected chi connectivity index (χ0v) is 11.1. The molecule has 1 aliphatic rings. The summed E-state index contributed by atoms with van der Waals surface area (Å²) in [7, 11) is 0. The van der Waals surface area contributed by atoms with Crippen molar-refractivity contribution in [2.45, 2.75) is 38.3 Å². The Bertz CT molecular complexity index is 391. The third kappa shape index (κ3) is 3.67. The molecule has 2 nitrogen and oxygen atoms in total. The molecule has 2 N–H and O–H groups in total. The van der Waals surface area contributed by atoms with Gasteiger partial charge in [0.2, 0.25) is 0 Å². The van der Waals surface area contributed by atoms with E-state index in [0.29, 0.717) is 18.0 Å². The molecule has 1 aliphatic carbocycles. The van der Waals surface area contributed by atoms with Crippen LogP contribution in [0.25, 0.3) is 0 Å². The van der Waals surface area contributed by atoms with Crippen molar-refractivity contribution < 1.29 is 9.50 Å². The normalized spacial score (nSPS) is 24.2. The van der Waals surface area contributed by atoms with Gasteiger partial charge in [-0.15, -0.1) is 0 Å². The van der Waals surface area contributed by atoms with Gasteiger partial charge in [0.25, 0.3) is 0 Å². The van der Waals surface area contributed by atoms with Crippen LogP contribution in [0.2, 0.25) is 5.02 Å². The van der Waals surface area contributed by atoms with Crippen molar-refractivity contribution in [3.05, 3.63) is 34.6 Å². The summed E-state index contributed by atoms with van der Waals surface area (Å²) in [5.41, 5.74) is 0.610. The minimum atomic E-state index is -0.328. The lowest BCUT2D eigenvalue weighted by molar-refractivity contribution is 0.108. The molecular weight excluding hydrogens is 253 g/mol. The minimum Gasteiger partial charge on any atom is -0.393 e. The predicted octanol–water partition coefficient (Wildman–Crippen LogP) is 3.12. The van der Waals surface area contributed by atoms with Crippen LogP contribution in [-0.2, 0) is 6.54 Å². The highest BCUT2D eigenvalue weighted by Gasteiger charge is 2.18. The molecule has 18 heavy (non-hydrogen) atoms. The predicted molar refractivity (Wildman–Crippen MR) is 71.1 cm³/mol. The van der Waals surface area contributed by atoms with Crippen molar-refractivity contribution >= 4 is 11.6 Å². The fourth-order valence-corrected chi connectivity index (χ4v) is 2.64. The third-order valence-electron chi connectivity index (χ3n) is 3.60. The van der Waals surface area contributed by atoms with Crippen molar-refractivity contribution in [3.8, 4) is 0 Å². The Kier molecular flexibility index (Phi) is 4.98. The molecule has 0 heterocycles. The summed E-state index contributed by atoms with van der Waals surface area (Å²) < 4.78 is 13.6. The first-order valence-corrected chi connectivity index (χ1v) is 6.86. The van der Waals surface area contributed by atoms with Crippen LogP contribution >= 0.6 is 11.6 Å². The Balaban J connectivity index is 1.77.